The molecule has 0 radical (unpaired) electrons. The van der Waals surface area contributed by atoms with Gasteiger partial charge in [-0.25, -0.2) is 0 Å². The molecule has 1 aliphatic heterocycles. The van der Waals surface area contributed by atoms with Crippen LogP contribution < -0.4 is 9.47 Å². The summed E-state index contributed by atoms with van der Waals surface area (Å²) in [6.07, 6.45) is 0.110. The third-order valence-electron chi connectivity index (χ3n) is 2.90. The van der Waals surface area contributed by atoms with Crippen molar-refractivity contribution in [3.8, 4) is 11.5 Å². The predicted octanol–water partition coefficient (Wildman–Crippen LogP) is 1.95. The lowest BCUT2D eigenvalue weighted by Crippen LogP contribution is -2.07. The topological polar surface area (TPSA) is 55.8 Å². The highest BCUT2D eigenvalue weighted by molar-refractivity contribution is 5.69. The van der Waals surface area contributed by atoms with E-state index in [1.807, 2.05) is 19.1 Å². The normalized spacial score (nSPS) is 17.8. The minimum Gasteiger partial charge on any atom is -0.496 e. The first-order chi connectivity index (χ1) is 7.63. The number of fused-ring (bicyclic) bond motifs is 1. The fourth-order valence-corrected chi connectivity index (χ4v) is 2.08. The first-order valence-electron chi connectivity index (χ1n) is 5.15. The van der Waals surface area contributed by atoms with E-state index in [4.69, 9.17) is 14.6 Å². The van der Waals surface area contributed by atoms with Gasteiger partial charge >= 0.3 is 5.97 Å². The van der Waals surface area contributed by atoms with E-state index in [0.717, 1.165) is 22.6 Å². The fraction of sp³-hybridized carbons (Fsp3) is 0.417. The van der Waals surface area contributed by atoms with Crippen molar-refractivity contribution < 1.29 is 19.4 Å². The zero-order valence-electron chi connectivity index (χ0n) is 9.32. The van der Waals surface area contributed by atoms with E-state index >= 15 is 0 Å². The Bertz CT molecular complexity index is 425. The van der Waals surface area contributed by atoms with E-state index in [1.165, 1.54) is 0 Å². The molecule has 2 rings (SSSR count). The number of rotatable bonds is 3. The number of carbonyl (C=O) groups is 1. The number of benzene rings is 1. The quantitative estimate of drug-likeness (QED) is 0.849. The van der Waals surface area contributed by atoms with Crippen LogP contribution in [0.2, 0.25) is 0 Å². The van der Waals surface area contributed by atoms with Gasteiger partial charge in [-0.1, -0.05) is 6.07 Å². The third kappa shape index (κ3) is 1.71. The van der Waals surface area contributed by atoms with E-state index in [2.05, 4.69) is 0 Å². The van der Waals surface area contributed by atoms with E-state index < -0.39 is 5.97 Å². The Kier molecular flexibility index (Phi) is 2.73. The molecule has 86 valence electrons. The van der Waals surface area contributed by atoms with Crippen molar-refractivity contribution in [3.05, 3.63) is 23.3 Å². The Labute approximate surface area is 93.8 Å². The zero-order valence-corrected chi connectivity index (χ0v) is 9.32. The summed E-state index contributed by atoms with van der Waals surface area (Å²) in [6, 6.07) is 3.75. The Morgan fingerprint density at radius 1 is 1.62 bits per heavy atom. The van der Waals surface area contributed by atoms with Crippen LogP contribution in [0.3, 0.4) is 0 Å². The molecule has 1 atom stereocenters. The van der Waals surface area contributed by atoms with Crippen molar-refractivity contribution in [1.29, 1.82) is 0 Å². The van der Waals surface area contributed by atoms with Crippen LogP contribution in [0.4, 0.5) is 0 Å². The minimum absolute atomic E-state index is 0.0443. The second-order valence-corrected chi connectivity index (χ2v) is 3.92. The van der Waals surface area contributed by atoms with Gasteiger partial charge in [-0.2, -0.15) is 0 Å². The molecule has 0 amide bonds. The minimum atomic E-state index is -0.796. The van der Waals surface area contributed by atoms with Gasteiger partial charge in [-0.15, -0.1) is 0 Å². The van der Waals surface area contributed by atoms with E-state index in [0.29, 0.717) is 6.61 Å². The lowest BCUT2D eigenvalue weighted by Gasteiger charge is -2.09. The van der Waals surface area contributed by atoms with Gasteiger partial charge in [-0.3, -0.25) is 4.79 Å². The van der Waals surface area contributed by atoms with E-state index in [1.54, 1.807) is 7.11 Å². The summed E-state index contributed by atoms with van der Waals surface area (Å²) in [5, 5.41) is 8.79. The number of hydrogen-bond donors (Lipinski definition) is 1. The third-order valence-corrected chi connectivity index (χ3v) is 2.90. The van der Waals surface area contributed by atoms with Crippen LogP contribution in [0.25, 0.3) is 0 Å². The molecule has 1 heterocycles. The Morgan fingerprint density at radius 3 is 3.00 bits per heavy atom. The highest BCUT2D eigenvalue weighted by Crippen LogP contribution is 2.41. The lowest BCUT2D eigenvalue weighted by atomic mass is 9.96. The van der Waals surface area contributed by atoms with Crippen LogP contribution in [0.1, 0.15) is 23.5 Å². The number of carboxylic acids is 1. The van der Waals surface area contributed by atoms with Gasteiger partial charge in [-0.05, 0) is 13.0 Å². The van der Waals surface area contributed by atoms with Crippen molar-refractivity contribution in [3.63, 3.8) is 0 Å². The fourth-order valence-electron chi connectivity index (χ4n) is 2.08. The molecule has 16 heavy (non-hydrogen) atoms. The standard InChI is InChI=1S/C12H14O4/c1-7-10(15-2)4-3-9-8(5-11(13)14)6-16-12(7)9/h3-4,8H,5-6H2,1-2H3,(H,13,14). The van der Waals surface area contributed by atoms with Crippen molar-refractivity contribution in [2.45, 2.75) is 19.3 Å². The largest absolute Gasteiger partial charge is 0.496 e. The predicted molar refractivity (Wildman–Crippen MR) is 58.2 cm³/mol. The Morgan fingerprint density at radius 2 is 2.38 bits per heavy atom. The van der Waals surface area contributed by atoms with Gasteiger partial charge in [0, 0.05) is 17.0 Å². The number of methoxy groups -OCH3 is 1. The second-order valence-electron chi connectivity index (χ2n) is 3.92. The highest BCUT2D eigenvalue weighted by Gasteiger charge is 2.28. The van der Waals surface area contributed by atoms with Crippen molar-refractivity contribution in [1.82, 2.24) is 0 Å². The maximum atomic E-state index is 10.7. The van der Waals surface area contributed by atoms with Gasteiger partial charge in [0.05, 0.1) is 20.1 Å². The highest BCUT2D eigenvalue weighted by atomic mass is 16.5. The van der Waals surface area contributed by atoms with Gasteiger partial charge in [0.1, 0.15) is 11.5 Å². The van der Waals surface area contributed by atoms with Crippen LogP contribution in [-0.4, -0.2) is 24.8 Å². The first-order valence-corrected chi connectivity index (χ1v) is 5.15. The van der Waals surface area contributed by atoms with Gasteiger partial charge in [0.25, 0.3) is 0 Å². The monoisotopic (exact) mass is 222 g/mol. The van der Waals surface area contributed by atoms with Gasteiger partial charge < -0.3 is 14.6 Å². The average molecular weight is 222 g/mol. The number of carboxylic acid groups (broad SMARTS) is 1. The van der Waals surface area contributed by atoms with Crippen molar-refractivity contribution >= 4 is 5.97 Å². The summed E-state index contributed by atoms with van der Waals surface area (Å²) in [5.74, 6) is 0.715. The average Bonchev–Trinajstić information content (AvgIpc) is 2.62. The SMILES string of the molecule is COc1ccc2c(c1C)OCC2CC(=O)O. The van der Waals surface area contributed by atoms with Crippen molar-refractivity contribution in [2.24, 2.45) is 0 Å². The molecule has 0 saturated heterocycles. The molecular weight excluding hydrogens is 208 g/mol. The molecule has 1 unspecified atom stereocenters. The molecule has 0 saturated carbocycles. The molecule has 0 aliphatic carbocycles. The van der Waals surface area contributed by atoms with Crippen LogP contribution in [0, 0.1) is 6.92 Å². The lowest BCUT2D eigenvalue weighted by molar-refractivity contribution is -0.137. The van der Waals surface area contributed by atoms with Gasteiger partial charge in [0.2, 0.25) is 0 Å². The summed E-state index contributed by atoms with van der Waals surface area (Å²) >= 11 is 0. The smallest absolute Gasteiger partial charge is 0.304 e. The van der Waals surface area contributed by atoms with Crippen LogP contribution in [0.5, 0.6) is 11.5 Å². The molecule has 0 aromatic heterocycles. The van der Waals surface area contributed by atoms with E-state index in [-0.39, 0.29) is 12.3 Å². The Hall–Kier alpha value is -1.71. The second kappa shape index (κ2) is 4.04. The summed E-state index contributed by atoms with van der Waals surface area (Å²) in [4.78, 5) is 10.7. The summed E-state index contributed by atoms with van der Waals surface area (Å²) in [7, 11) is 1.61. The summed E-state index contributed by atoms with van der Waals surface area (Å²) in [5.41, 5.74) is 1.91. The van der Waals surface area contributed by atoms with Crippen molar-refractivity contribution in [2.75, 3.05) is 13.7 Å². The molecule has 0 fully saturated rings. The van der Waals surface area contributed by atoms with Gasteiger partial charge in [0.15, 0.2) is 0 Å². The molecule has 4 nitrogen and oxygen atoms in total. The number of ether oxygens (including phenoxy) is 2. The molecule has 1 N–H and O–H groups in total. The maximum Gasteiger partial charge on any atom is 0.304 e. The molecular formula is C12H14O4. The van der Waals surface area contributed by atoms with E-state index in [9.17, 15) is 4.79 Å². The molecule has 0 spiro atoms. The van der Waals surface area contributed by atoms with Crippen LogP contribution >= 0.6 is 0 Å². The molecule has 1 aliphatic rings. The summed E-state index contributed by atoms with van der Waals surface area (Å²) in [6.45, 7) is 2.36. The van der Waals surface area contributed by atoms with Crippen LogP contribution in [0.15, 0.2) is 12.1 Å². The molecule has 4 heteroatoms. The first kappa shape index (κ1) is 10.8. The molecule has 1 aromatic rings. The molecule has 0 bridgehead atoms. The number of aliphatic carboxylic acids is 1. The Balaban J connectivity index is 2.35. The molecule has 1 aromatic carbocycles. The van der Waals surface area contributed by atoms with Crippen LogP contribution in [-0.2, 0) is 4.79 Å². The zero-order chi connectivity index (χ0) is 11.7. The summed E-state index contributed by atoms with van der Waals surface area (Å²) < 4.78 is 10.7. The number of hydrogen-bond acceptors (Lipinski definition) is 3. The maximum absolute atomic E-state index is 10.7.